The van der Waals surface area contributed by atoms with E-state index in [0.717, 1.165) is 43.4 Å². The third-order valence-corrected chi connectivity index (χ3v) is 7.32. The van der Waals surface area contributed by atoms with Crippen molar-refractivity contribution < 1.29 is 14.3 Å². The summed E-state index contributed by atoms with van der Waals surface area (Å²) < 4.78 is 15.1. The molecule has 1 N–H and O–H groups in total. The SMILES string of the molecule is Cc1sc2c(c1C)C(c1ccc(C=Cc3ccc(F)cc3)cc1)=N[C@@H](CC(=O)O)c1nnc(C)n1-2. The Hall–Kier alpha value is -3.91. The summed E-state index contributed by atoms with van der Waals surface area (Å²) in [6.07, 6.45) is 3.72. The van der Waals surface area contributed by atoms with Crippen molar-refractivity contribution in [1.29, 1.82) is 0 Å². The van der Waals surface area contributed by atoms with Gasteiger partial charge in [0.05, 0.1) is 12.1 Å². The third kappa shape index (κ3) is 4.33. The molecule has 0 unspecified atom stereocenters. The monoisotopic (exact) mass is 486 g/mol. The molecule has 0 amide bonds. The van der Waals surface area contributed by atoms with Gasteiger partial charge in [-0.3, -0.25) is 14.4 Å². The van der Waals surface area contributed by atoms with E-state index in [1.807, 2.05) is 47.9 Å². The second-order valence-corrected chi connectivity index (χ2v) is 9.71. The third-order valence-electron chi connectivity index (χ3n) is 6.13. The fourth-order valence-corrected chi connectivity index (χ4v) is 5.42. The Labute approximate surface area is 206 Å². The first-order valence-corrected chi connectivity index (χ1v) is 12.0. The number of nitrogens with zero attached hydrogens (tertiary/aromatic N) is 4. The van der Waals surface area contributed by atoms with Gasteiger partial charge in [0, 0.05) is 16.0 Å². The Morgan fingerprint density at radius 2 is 1.66 bits per heavy atom. The highest BCUT2D eigenvalue weighted by Crippen LogP contribution is 2.39. The maximum atomic E-state index is 13.1. The van der Waals surface area contributed by atoms with Crippen molar-refractivity contribution in [3.63, 3.8) is 0 Å². The zero-order chi connectivity index (χ0) is 24.7. The Kier molecular flexibility index (Phi) is 5.90. The molecule has 0 fully saturated rings. The second kappa shape index (κ2) is 9.03. The lowest BCUT2D eigenvalue weighted by atomic mass is 9.98. The average molecular weight is 487 g/mol. The molecule has 2 aromatic carbocycles. The van der Waals surface area contributed by atoms with Gasteiger partial charge in [-0.15, -0.1) is 21.5 Å². The number of rotatable bonds is 5. The van der Waals surface area contributed by atoms with Gasteiger partial charge in [0.1, 0.15) is 22.7 Å². The van der Waals surface area contributed by atoms with Crippen molar-refractivity contribution in [2.24, 2.45) is 4.99 Å². The molecular weight excluding hydrogens is 463 g/mol. The van der Waals surface area contributed by atoms with Crippen molar-refractivity contribution in [2.75, 3.05) is 0 Å². The Balaban J connectivity index is 1.58. The molecule has 0 spiro atoms. The van der Waals surface area contributed by atoms with Crippen LogP contribution in [0.25, 0.3) is 17.2 Å². The van der Waals surface area contributed by atoms with Crippen LogP contribution in [0, 0.1) is 26.6 Å². The smallest absolute Gasteiger partial charge is 0.306 e. The van der Waals surface area contributed by atoms with Crippen LogP contribution in [-0.4, -0.2) is 31.6 Å². The number of aliphatic carboxylic acids is 1. The van der Waals surface area contributed by atoms with Gasteiger partial charge in [0.2, 0.25) is 0 Å². The van der Waals surface area contributed by atoms with E-state index in [2.05, 4.69) is 24.0 Å². The maximum Gasteiger partial charge on any atom is 0.306 e. The standard InChI is InChI=1S/C27H23FN4O2S/c1-15-16(2)35-27-24(15)25(29-22(14-23(33)34)26-31-30-17(3)32(26)27)20-10-6-18(7-11-20)4-5-19-8-12-21(28)13-9-19/h4-13,22H,14H2,1-3H3,(H,33,34)/t22-/m0/s1. The summed E-state index contributed by atoms with van der Waals surface area (Å²) in [4.78, 5) is 17.8. The van der Waals surface area contributed by atoms with Crippen LogP contribution in [0.15, 0.2) is 53.5 Å². The summed E-state index contributed by atoms with van der Waals surface area (Å²) in [5, 5.41) is 19.1. The molecule has 6 nitrogen and oxygen atoms in total. The molecule has 2 aromatic heterocycles. The first kappa shape index (κ1) is 22.9. The van der Waals surface area contributed by atoms with Crippen LogP contribution in [-0.2, 0) is 4.79 Å². The lowest BCUT2D eigenvalue weighted by Gasteiger charge is -2.11. The summed E-state index contributed by atoms with van der Waals surface area (Å²) >= 11 is 1.64. The first-order valence-electron chi connectivity index (χ1n) is 11.2. The van der Waals surface area contributed by atoms with Gasteiger partial charge in [-0.05, 0) is 49.6 Å². The minimum atomic E-state index is -0.940. The fourth-order valence-electron chi connectivity index (χ4n) is 4.21. The molecule has 1 aliphatic rings. The fraction of sp³-hybridized carbons (Fsp3) is 0.185. The molecule has 0 saturated carbocycles. The zero-order valence-corrected chi connectivity index (χ0v) is 20.3. The molecule has 4 aromatic rings. The number of hydrogen-bond donors (Lipinski definition) is 1. The van der Waals surface area contributed by atoms with Crippen LogP contribution in [0.3, 0.4) is 0 Å². The molecule has 0 bridgehead atoms. The van der Waals surface area contributed by atoms with E-state index in [0.29, 0.717) is 11.6 Å². The Morgan fingerprint density at radius 3 is 2.29 bits per heavy atom. The van der Waals surface area contributed by atoms with Gasteiger partial charge in [-0.25, -0.2) is 4.39 Å². The number of benzene rings is 2. The number of hydrogen-bond acceptors (Lipinski definition) is 5. The highest BCUT2D eigenvalue weighted by Gasteiger charge is 2.32. The molecular formula is C27H23FN4O2S. The van der Waals surface area contributed by atoms with Crippen molar-refractivity contribution in [3.05, 3.63) is 98.7 Å². The molecule has 1 atom stereocenters. The molecule has 176 valence electrons. The predicted molar refractivity (Wildman–Crippen MR) is 136 cm³/mol. The minimum Gasteiger partial charge on any atom is -0.481 e. The molecule has 8 heteroatoms. The Bertz CT molecular complexity index is 1480. The number of fused-ring (bicyclic) bond motifs is 3. The van der Waals surface area contributed by atoms with Crippen LogP contribution in [0.5, 0.6) is 0 Å². The zero-order valence-electron chi connectivity index (χ0n) is 19.5. The van der Waals surface area contributed by atoms with Crippen molar-refractivity contribution in [2.45, 2.75) is 33.2 Å². The average Bonchev–Trinajstić information content (AvgIpc) is 3.31. The summed E-state index contributed by atoms with van der Waals surface area (Å²) in [5.41, 5.74) is 5.65. The van der Waals surface area contributed by atoms with E-state index >= 15 is 0 Å². The Morgan fingerprint density at radius 1 is 1.03 bits per heavy atom. The predicted octanol–water partition coefficient (Wildman–Crippen LogP) is 5.93. The van der Waals surface area contributed by atoms with Gasteiger partial charge < -0.3 is 5.11 Å². The number of carbonyl (C=O) groups is 1. The van der Waals surface area contributed by atoms with E-state index in [1.165, 1.54) is 12.1 Å². The van der Waals surface area contributed by atoms with E-state index in [4.69, 9.17) is 4.99 Å². The van der Waals surface area contributed by atoms with Crippen LogP contribution < -0.4 is 0 Å². The van der Waals surface area contributed by atoms with Crippen molar-refractivity contribution >= 4 is 35.2 Å². The molecule has 3 heterocycles. The van der Waals surface area contributed by atoms with Crippen LogP contribution in [0.1, 0.15) is 56.8 Å². The summed E-state index contributed by atoms with van der Waals surface area (Å²) in [6, 6.07) is 13.7. The minimum absolute atomic E-state index is 0.174. The number of aliphatic imine (C=N–C) groups is 1. The highest BCUT2D eigenvalue weighted by molar-refractivity contribution is 7.15. The number of carboxylic acids is 1. The van der Waals surface area contributed by atoms with Crippen molar-refractivity contribution in [3.8, 4) is 5.00 Å². The summed E-state index contributed by atoms with van der Waals surface area (Å²) in [7, 11) is 0. The number of halogens is 1. The number of thiophene rings is 1. The van der Waals surface area contributed by atoms with E-state index < -0.39 is 12.0 Å². The normalized spacial score (nSPS) is 15.0. The lowest BCUT2D eigenvalue weighted by molar-refractivity contribution is -0.137. The van der Waals surface area contributed by atoms with Gasteiger partial charge in [-0.2, -0.15) is 0 Å². The van der Waals surface area contributed by atoms with Gasteiger partial charge in [0.25, 0.3) is 0 Å². The highest BCUT2D eigenvalue weighted by atomic mass is 32.1. The molecule has 0 aliphatic carbocycles. The van der Waals surface area contributed by atoms with Crippen LogP contribution >= 0.6 is 11.3 Å². The van der Waals surface area contributed by atoms with Crippen LogP contribution in [0.4, 0.5) is 4.39 Å². The summed E-state index contributed by atoms with van der Waals surface area (Å²) in [5.74, 6) is 0.0460. The molecule has 1 aliphatic heterocycles. The van der Waals surface area contributed by atoms with Gasteiger partial charge >= 0.3 is 5.97 Å². The van der Waals surface area contributed by atoms with Gasteiger partial charge in [0.15, 0.2) is 5.82 Å². The maximum absolute atomic E-state index is 13.1. The molecule has 0 saturated heterocycles. The van der Waals surface area contributed by atoms with Gasteiger partial charge in [-0.1, -0.05) is 48.6 Å². The first-order chi connectivity index (χ1) is 16.8. The second-order valence-electron chi connectivity index (χ2n) is 8.50. The number of carboxylic acid groups (broad SMARTS) is 1. The quantitative estimate of drug-likeness (QED) is 0.355. The number of aromatic nitrogens is 3. The lowest BCUT2D eigenvalue weighted by Crippen LogP contribution is -2.10. The molecule has 35 heavy (non-hydrogen) atoms. The summed E-state index contributed by atoms with van der Waals surface area (Å²) in [6.45, 7) is 6.01. The number of aryl methyl sites for hydroxylation is 2. The van der Waals surface area contributed by atoms with E-state index in [-0.39, 0.29) is 12.2 Å². The topological polar surface area (TPSA) is 80.4 Å². The molecule has 0 radical (unpaired) electrons. The van der Waals surface area contributed by atoms with Crippen LogP contribution in [0.2, 0.25) is 0 Å². The van der Waals surface area contributed by atoms with E-state index in [9.17, 15) is 14.3 Å². The van der Waals surface area contributed by atoms with E-state index in [1.54, 1.807) is 23.5 Å². The van der Waals surface area contributed by atoms with Crippen molar-refractivity contribution in [1.82, 2.24) is 14.8 Å². The molecule has 5 rings (SSSR count). The largest absolute Gasteiger partial charge is 0.481 e.